The second-order valence-electron chi connectivity index (χ2n) is 4.35. The number of aliphatic carboxylic acids is 1. The number of rotatable bonds is 6. The highest BCUT2D eigenvalue weighted by molar-refractivity contribution is 7.10. The van der Waals surface area contributed by atoms with Gasteiger partial charge >= 0.3 is 5.97 Å². The normalized spacial score (nSPS) is 12.1. The molecule has 0 spiro atoms. The van der Waals surface area contributed by atoms with Gasteiger partial charge in [-0.1, -0.05) is 12.1 Å². The molecule has 2 rings (SSSR count). The number of aromatic hydroxyl groups is 1. The highest BCUT2D eigenvalue weighted by Crippen LogP contribution is 2.31. The second-order valence-corrected chi connectivity index (χ2v) is 5.32. The van der Waals surface area contributed by atoms with E-state index in [9.17, 15) is 15.0 Å². The molecule has 5 heteroatoms. The number of phenolic OH excluding ortho intramolecular Hbond substituents is 1. The summed E-state index contributed by atoms with van der Waals surface area (Å²) in [6.45, 7) is 2.28. The van der Waals surface area contributed by atoms with Crippen molar-refractivity contribution in [3.8, 4) is 11.5 Å². The molecule has 106 valence electrons. The molecular weight excluding hydrogens is 276 g/mol. The molecule has 0 radical (unpaired) electrons. The Hall–Kier alpha value is -2.01. The maximum Gasteiger partial charge on any atom is 0.312 e. The van der Waals surface area contributed by atoms with Gasteiger partial charge in [0.25, 0.3) is 0 Å². The summed E-state index contributed by atoms with van der Waals surface area (Å²) in [6, 6.07) is 8.63. The standard InChI is InChI=1S/C15H16O4S/c1-2-19-13-9-10(5-6-12(13)16)8-11(15(17)18)14-4-3-7-20-14/h3-7,9,11,16H,2,8H2,1H3,(H,17,18). The van der Waals surface area contributed by atoms with Crippen LogP contribution in [0.3, 0.4) is 0 Å². The Morgan fingerprint density at radius 3 is 2.80 bits per heavy atom. The van der Waals surface area contributed by atoms with Gasteiger partial charge in [-0.2, -0.15) is 0 Å². The molecule has 0 amide bonds. The Morgan fingerprint density at radius 1 is 1.40 bits per heavy atom. The number of hydrogen-bond acceptors (Lipinski definition) is 4. The highest BCUT2D eigenvalue weighted by atomic mass is 32.1. The monoisotopic (exact) mass is 292 g/mol. The van der Waals surface area contributed by atoms with E-state index in [0.29, 0.717) is 18.8 Å². The zero-order valence-corrected chi connectivity index (χ0v) is 11.9. The summed E-state index contributed by atoms with van der Waals surface area (Å²) in [5.74, 6) is -0.966. The molecule has 0 aliphatic rings. The van der Waals surface area contributed by atoms with E-state index in [4.69, 9.17) is 4.74 Å². The van der Waals surface area contributed by atoms with Crippen molar-refractivity contribution in [3.05, 3.63) is 46.2 Å². The zero-order valence-electron chi connectivity index (χ0n) is 11.1. The van der Waals surface area contributed by atoms with Gasteiger partial charge in [0.2, 0.25) is 0 Å². The number of hydrogen-bond donors (Lipinski definition) is 2. The fourth-order valence-electron chi connectivity index (χ4n) is 1.99. The van der Waals surface area contributed by atoms with E-state index in [2.05, 4.69) is 0 Å². The lowest BCUT2D eigenvalue weighted by Crippen LogP contribution is -2.13. The van der Waals surface area contributed by atoms with E-state index in [1.807, 2.05) is 24.4 Å². The molecule has 1 unspecified atom stereocenters. The molecule has 1 aromatic carbocycles. The molecule has 2 aromatic rings. The first-order valence-corrected chi connectivity index (χ1v) is 7.20. The van der Waals surface area contributed by atoms with Crippen molar-refractivity contribution >= 4 is 17.3 Å². The van der Waals surface area contributed by atoms with Gasteiger partial charge in [0.1, 0.15) is 0 Å². The summed E-state index contributed by atoms with van der Waals surface area (Å²) in [6.07, 6.45) is 0.371. The van der Waals surface area contributed by atoms with Crippen LogP contribution in [0.2, 0.25) is 0 Å². The van der Waals surface area contributed by atoms with Gasteiger partial charge in [0, 0.05) is 4.88 Å². The van der Waals surface area contributed by atoms with E-state index >= 15 is 0 Å². The summed E-state index contributed by atoms with van der Waals surface area (Å²) in [5.41, 5.74) is 0.826. The van der Waals surface area contributed by atoms with Crippen LogP contribution in [0.4, 0.5) is 0 Å². The number of benzene rings is 1. The minimum Gasteiger partial charge on any atom is -0.504 e. The van der Waals surface area contributed by atoms with Crippen molar-refractivity contribution in [2.75, 3.05) is 6.61 Å². The molecule has 1 heterocycles. The summed E-state index contributed by atoms with van der Waals surface area (Å²) < 4.78 is 5.32. The fraction of sp³-hybridized carbons (Fsp3) is 0.267. The molecule has 0 fully saturated rings. The van der Waals surface area contributed by atoms with Gasteiger partial charge in [0.15, 0.2) is 11.5 Å². The molecule has 1 atom stereocenters. The number of phenols is 1. The summed E-state index contributed by atoms with van der Waals surface area (Å²) in [7, 11) is 0. The van der Waals surface area contributed by atoms with E-state index in [1.54, 1.807) is 12.1 Å². The number of ether oxygens (including phenoxy) is 1. The van der Waals surface area contributed by atoms with Crippen molar-refractivity contribution in [1.29, 1.82) is 0 Å². The van der Waals surface area contributed by atoms with Crippen LogP contribution in [-0.4, -0.2) is 22.8 Å². The van der Waals surface area contributed by atoms with Gasteiger partial charge in [-0.25, -0.2) is 0 Å². The molecule has 0 saturated carbocycles. The summed E-state index contributed by atoms with van der Waals surface area (Å²) >= 11 is 1.43. The summed E-state index contributed by atoms with van der Waals surface area (Å²) in [4.78, 5) is 12.2. The molecule has 1 aromatic heterocycles. The van der Waals surface area contributed by atoms with E-state index in [-0.39, 0.29) is 5.75 Å². The van der Waals surface area contributed by atoms with Gasteiger partial charge in [-0.3, -0.25) is 4.79 Å². The quantitative estimate of drug-likeness (QED) is 0.857. The zero-order chi connectivity index (χ0) is 14.5. The van der Waals surface area contributed by atoms with Crippen molar-refractivity contribution in [1.82, 2.24) is 0 Å². The van der Waals surface area contributed by atoms with Gasteiger partial charge in [0.05, 0.1) is 12.5 Å². The van der Waals surface area contributed by atoms with Gasteiger partial charge in [-0.05, 0) is 42.5 Å². The second kappa shape index (κ2) is 6.43. The maximum absolute atomic E-state index is 11.4. The number of carboxylic acids is 1. The SMILES string of the molecule is CCOc1cc(CC(C(=O)O)c2cccs2)ccc1O. The number of thiophene rings is 1. The third kappa shape index (κ3) is 3.30. The lowest BCUT2D eigenvalue weighted by atomic mass is 9.97. The first kappa shape index (κ1) is 14.4. The topological polar surface area (TPSA) is 66.8 Å². The van der Waals surface area contributed by atoms with Crippen LogP contribution >= 0.6 is 11.3 Å². The third-order valence-electron chi connectivity index (χ3n) is 2.95. The molecular formula is C15H16O4S. The first-order valence-electron chi connectivity index (χ1n) is 6.32. The Kier molecular flexibility index (Phi) is 4.63. The van der Waals surface area contributed by atoms with Crippen LogP contribution in [0.1, 0.15) is 23.3 Å². The van der Waals surface area contributed by atoms with E-state index in [1.165, 1.54) is 17.4 Å². The fourth-order valence-corrected chi connectivity index (χ4v) is 2.81. The van der Waals surface area contributed by atoms with E-state index in [0.717, 1.165) is 10.4 Å². The minimum absolute atomic E-state index is 0.0681. The van der Waals surface area contributed by atoms with Gasteiger partial charge < -0.3 is 14.9 Å². The lowest BCUT2D eigenvalue weighted by Gasteiger charge is -2.12. The predicted molar refractivity (Wildman–Crippen MR) is 77.7 cm³/mol. The van der Waals surface area contributed by atoms with Crippen LogP contribution in [0, 0.1) is 0 Å². The maximum atomic E-state index is 11.4. The van der Waals surface area contributed by atoms with Crippen LogP contribution < -0.4 is 4.74 Å². The molecule has 0 saturated heterocycles. The lowest BCUT2D eigenvalue weighted by molar-refractivity contribution is -0.138. The minimum atomic E-state index is -0.849. The number of carbonyl (C=O) groups is 1. The summed E-state index contributed by atoms with van der Waals surface area (Å²) in [5, 5.41) is 20.9. The molecule has 2 N–H and O–H groups in total. The van der Waals surface area contributed by atoms with Crippen molar-refractivity contribution in [2.24, 2.45) is 0 Å². The van der Waals surface area contributed by atoms with Crippen LogP contribution in [0.15, 0.2) is 35.7 Å². The Balaban J connectivity index is 2.23. The largest absolute Gasteiger partial charge is 0.504 e. The molecule has 0 aliphatic heterocycles. The highest BCUT2D eigenvalue weighted by Gasteiger charge is 2.21. The van der Waals surface area contributed by atoms with Crippen LogP contribution in [0.25, 0.3) is 0 Å². The van der Waals surface area contributed by atoms with Gasteiger partial charge in [-0.15, -0.1) is 11.3 Å². The molecule has 20 heavy (non-hydrogen) atoms. The molecule has 4 nitrogen and oxygen atoms in total. The predicted octanol–water partition coefficient (Wildman–Crippen LogP) is 3.26. The van der Waals surface area contributed by atoms with Crippen molar-refractivity contribution in [3.63, 3.8) is 0 Å². The van der Waals surface area contributed by atoms with Crippen LogP contribution in [0.5, 0.6) is 11.5 Å². The third-order valence-corrected chi connectivity index (χ3v) is 3.93. The Bertz CT molecular complexity index is 578. The first-order chi connectivity index (χ1) is 9.61. The smallest absolute Gasteiger partial charge is 0.312 e. The van der Waals surface area contributed by atoms with E-state index < -0.39 is 11.9 Å². The Morgan fingerprint density at radius 2 is 2.20 bits per heavy atom. The Labute approximate surface area is 121 Å². The van der Waals surface area contributed by atoms with Crippen LogP contribution in [-0.2, 0) is 11.2 Å². The van der Waals surface area contributed by atoms with Crippen molar-refractivity contribution in [2.45, 2.75) is 19.3 Å². The average Bonchev–Trinajstić information content (AvgIpc) is 2.93. The molecule has 0 bridgehead atoms. The molecule has 0 aliphatic carbocycles. The number of carboxylic acid groups (broad SMARTS) is 1. The van der Waals surface area contributed by atoms with Crippen molar-refractivity contribution < 1.29 is 19.7 Å². The average molecular weight is 292 g/mol.